The van der Waals surface area contributed by atoms with Gasteiger partial charge in [0, 0.05) is 12.6 Å². The number of aliphatic carboxylic acids is 1. The number of hydrogen-bond donors (Lipinski definition) is 1. The van der Waals surface area contributed by atoms with Crippen molar-refractivity contribution in [3.05, 3.63) is 0 Å². The molecule has 104 valence electrons. The highest BCUT2D eigenvalue weighted by molar-refractivity contribution is 5.71. The van der Waals surface area contributed by atoms with Crippen LogP contribution in [0.2, 0.25) is 0 Å². The molecule has 2 fully saturated rings. The smallest absolute Gasteiger partial charge is 0.308 e. The highest BCUT2D eigenvalue weighted by Crippen LogP contribution is 2.35. The molecule has 2 rings (SSSR count). The molecule has 1 saturated carbocycles. The monoisotopic (exact) mass is 253 g/mol. The van der Waals surface area contributed by atoms with Gasteiger partial charge in [0.1, 0.15) is 0 Å². The van der Waals surface area contributed by atoms with Gasteiger partial charge in [-0.15, -0.1) is 0 Å². The van der Waals surface area contributed by atoms with E-state index in [1.807, 2.05) is 0 Å². The van der Waals surface area contributed by atoms with Crippen LogP contribution in [0.1, 0.15) is 46.5 Å². The number of likely N-dealkylation sites (tertiary alicyclic amines) is 1. The number of piperidine rings is 1. The molecule has 1 aliphatic heterocycles. The van der Waals surface area contributed by atoms with Crippen LogP contribution in [-0.2, 0) is 4.79 Å². The topological polar surface area (TPSA) is 40.5 Å². The van der Waals surface area contributed by atoms with Crippen LogP contribution in [0.3, 0.4) is 0 Å². The van der Waals surface area contributed by atoms with Crippen LogP contribution in [0.15, 0.2) is 0 Å². The van der Waals surface area contributed by atoms with Crippen LogP contribution >= 0.6 is 0 Å². The Bertz CT molecular complexity index is 305. The second-order valence-corrected chi connectivity index (χ2v) is 6.67. The van der Waals surface area contributed by atoms with E-state index in [4.69, 9.17) is 0 Å². The Morgan fingerprint density at radius 2 is 1.83 bits per heavy atom. The molecule has 3 nitrogen and oxygen atoms in total. The van der Waals surface area contributed by atoms with E-state index in [1.165, 1.54) is 6.42 Å². The van der Waals surface area contributed by atoms with Gasteiger partial charge in [-0.25, -0.2) is 0 Å². The summed E-state index contributed by atoms with van der Waals surface area (Å²) in [6.45, 7) is 9.06. The molecular weight excluding hydrogens is 226 g/mol. The summed E-state index contributed by atoms with van der Waals surface area (Å²) in [5.41, 5.74) is 0. The van der Waals surface area contributed by atoms with Crippen molar-refractivity contribution in [1.82, 2.24) is 4.90 Å². The van der Waals surface area contributed by atoms with Gasteiger partial charge >= 0.3 is 5.97 Å². The van der Waals surface area contributed by atoms with Crippen LogP contribution in [0.5, 0.6) is 0 Å². The van der Waals surface area contributed by atoms with E-state index in [2.05, 4.69) is 25.7 Å². The van der Waals surface area contributed by atoms with E-state index in [9.17, 15) is 9.90 Å². The summed E-state index contributed by atoms with van der Waals surface area (Å²) >= 11 is 0. The maximum atomic E-state index is 11.4. The van der Waals surface area contributed by atoms with E-state index in [0.29, 0.717) is 11.8 Å². The molecule has 5 atom stereocenters. The fourth-order valence-corrected chi connectivity index (χ4v) is 3.64. The zero-order chi connectivity index (χ0) is 13.3. The van der Waals surface area contributed by atoms with E-state index in [1.54, 1.807) is 0 Å². The first kappa shape index (κ1) is 13.9. The third-order valence-corrected chi connectivity index (χ3v) is 5.23. The van der Waals surface area contributed by atoms with Gasteiger partial charge in [-0.05, 0) is 50.0 Å². The van der Waals surface area contributed by atoms with E-state index >= 15 is 0 Å². The molecule has 0 aromatic rings. The second kappa shape index (κ2) is 5.60. The van der Waals surface area contributed by atoms with Crippen LogP contribution in [0.4, 0.5) is 0 Å². The molecule has 3 heteroatoms. The Labute approximate surface area is 111 Å². The van der Waals surface area contributed by atoms with E-state index in [0.717, 1.165) is 38.3 Å². The number of hydrogen-bond acceptors (Lipinski definition) is 2. The van der Waals surface area contributed by atoms with Gasteiger partial charge in [0.25, 0.3) is 0 Å². The molecule has 1 heterocycles. The molecule has 0 aromatic heterocycles. The first-order valence-corrected chi connectivity index (χ1v) is 7.46. The average Bonchev–Trinajstić information content (AvgIpc) is 2.32. The zero-order valence-corrected chi connectivity index (χ0v) is 11.9. The molecule has 0 radical (unpaired) electrons. The molecule has 1 saturated heterocycles. The standard InChI is InChI=1S/C15H27NO2/c1-10-4-5-13(15(17)18)14(8-10)16-7-6-11(2)12(3)9-16/h10-14H,4-9H2,1-3H3,(H,17,18). The van der Waals surface area contributed by atoms with Crippen LogP contribution in [0, 0.1) is 23.7 Å². The lowest BCUT2D eigenvalue weighted by Crippen LogP contribution is -2.51. The zero-order valence-electron chi connectivity index (χ0n) is 11.9. The van der Waals surface area contributed by atoms with Crippen LogP contribution in [0.25, 0.3) is 0 Å². The maximum Gasteiger partial charge on any atom is 0.308 e. The number of carbonyl (C=O) groups is 1. The van der Waals surface area contributed by atoms with Crippen molar-refractivity contribution in [3.63, 3.8) is 0 Å². The summed E-state index contributed by atoms with van der Waals surface area (Å²) in [7, 11) is 0. The summed E-state index contributed by atoms with van der Waals surface area (Å²) in [6.07, 6.45) is 4.23. The van der Waals surface area contributed by atoms with Crippen molar-refractivity contribution in [2.24, 2.45) is 23.7 Å². The molecule has 1 N–H and O–H groups in total. The van der Waals surface area contributed by atoms with Crippen molar-refractivity contribution in [2.45, 2.75) is 52.5 Å². The number of carboxylic acids is 1. The van der Waals surface area contributed by atoms with Crippen molar-refractivity contribution in [2.75, 3.05) is 13.1 Å². The predicted octanol–water partition coefficient (Wildman–Crippen LogP) is 2.85. The Hall–Kier alpha value is -0.570. The Morgan fingerprint density at radius 1 is 1.11 bits per heavy atom. The summed E-state index contributed by atoms with van der Waals surface area (Å²) < 4.78 is 0. The van der Waals surface area contributed by atoms with Gasteiger partial charge in [-0.1, -0.05) is 20.8 Å². The molecular formula is C15H27NO2. The van der Waals surface area contributed by atoms with Gasteiger partial charge in [0.15, 0.2) is 0 Å². The van der Waals surface area contributed by atoms with Gasteiger partial charge in [-0.2, -0.15) is 0 Å². The van der Waals surface area contributed by atoms with E-state index < -0.39 is 5.97 Å². The lowest BCUT2D eigenvalue weighted by atomic mass is 9.76. The molecule has 0 bridgehead atoms. The summed E-state index contributed by atoms with van der Waals surface area (Å²) in [5.74, 6) is 1.44. The quantitative estimate of drug-likeness (QED) is 0.822. The lowest BCUT2D eigenvalue weighted by Gasteiger charge is -2.45. The lowest BCUT2D eigenvalue weighted by molar-refractivity contribution is -0.146. The number of carboxylic acid groups (broad SMARTS) is 1. The van der Waals surface area contributed by atoms with Gasteiger partial charge < -0.3 is 5.11 Å². The minimum Gasteiger partial charge on any atom is -0.481 e. The fourth-order valence-electron chi connectivity index (χ4n) is 3.64. The second-order valence-electron chi connectivity index (χ2n) is 6.67. The normalized spacial score (nSPS) is 42.7. The molecule has 0 amide bonds. The number of rotatable bonds is 2. The highest BCUT2D eigenvalue weighted by Gasteiger charge is 2.39. The van der Waals surface area contributed by atoms with Crippen molar-refractivity contribution >= 4 is 5.97 Å². The Balaban J connectivity index is 2.05. The molecule has 0 spiro atoms. The largest absolute Gasteiger partial charge is 0.481 e. The summed E-state index contributed by atoms with van der Waals surface area (Å²) in [5, 5.41) is 9.42. The van der Waals surface area contributed by atoms with E-state index in [-0.39, 0.29) is 12.0 Å². The van der Waals surface area contributed by atoms with Crippen molar-refractivity contribution in [3.8, 4) is 0 Å². The van der Waals surface area contributed by atoms with Gasteiger partial charge in [0.2, 0.25) is 0 Å². The molecule has 0 aromatic carbocycles. The van der Waals surface area contributed by atoms with Gasteiger partial charge in [-0.3, -0.25) is 9.69 Å². The molecule has 2 aliphatic rings. The van der Waals surface area contributed by atoms with Crippen LogP contribution in [-0.4, -0.2) is 35.1 Å². The third kappa shape index (κ3) is 2.87. The highest BCUT2D eigenvalue weighted by atomic mass is 16.4. The molecule has 1 aliphatic carbocycles. The molecule has 18 heavy (non-hydrogen) atoms. The summed E-state index contributed by atoms with van der Waals surface area (Å²) in [4.78, 5) is 13.9. The Kier molecular flexibility index (Phi) is 4.31. The van der Waals surface area contributed by atoms with Crippen molar-refractivity contribution in [1.29, 1.82) is 0 Å². The Morgan fingerprint density at radius 3 is 2.44 bits per heavy atom. The molecule has 5 unspecified atom stereocenters. The minimum atomic E-state index is -0.585. The maximum absolute atomic E-state index is 11.4. The summed E-state index contributed by atoms with van der Waals surface area (Å²) in [6, 6.07) is 0.279. The van der Waals surface area contributed by atoms with Crippen LogP contribution < -0.4 is 0 Å². The first-order valence-electron chi connectivity index (χ1n) is 7.46. The first-order chi connectivity index (χ1) is 8.49. The van der Waals surface area contributed by atoms with Crippen molar-refractivity contribution < 1.29 is 9.90 Å². The van der Waals surface area contributed by atoms with Gasteiger partial charge in [0.05, 0.1) is 5.92 Å². The minimum absolute atomic E-state index is 0.137. The average molecular weight is 253 g/mol. The fraction of sp³-hybridized carbons (Fsp3) is 0.933. The SMILES string of the molecule is CC1CCC(C(=O)O)C(N2CCC(C)C(C)C2)C1. The predicted molar refractivity (Wildman–Crippen MR) is 72.4 cm³/mol. The number of nitrogens with zero attached hydrogens (tertiary/aromatic N) is 1. The third-order valence-electron chi connectivity index (χ3n) is 5.23.